The number of hydrogen-bond donors (Lipinski definition) is 2. The summed E-state index contributed by atoms with van der Waals surface area (Å²) in [7, 11) is 0. The van der Waals surface area contributed by atoms with Crippen LogP contribution in [0.5, 0.6) is 0 Å². The van der Waals surface area contributed by atoms with E-state index in [-0.39, 0.29) is 17.3 Å². The molecule has 2 aliphatic rings. The predicted molar refractivity (Wildman–Crippen MR) is 158 cm³/mol. The molecular weight excluding hydrogens is 476 g/mol. The number of aliphatic carboxylic acids is 1. The zero-order valence-corrected chi connectivity index (χ0v) is 23.3. The van der Waals surface area contributed by atoms with Crippen molar-refractivity contribution < 1.29 is 14.5 Å². The smallest absolute Gasteiger partial charge is 0.303 e. The number of carboxylic acid groups (broad SMARTS) is 1. The summed E-state index contributed by atoms with van der Waals surface area (Å²) in [6.45, 7) is 10.7. The van der Waals surface area contributed by atoms with Crippen LogP contribution in [-0.2, 0) is 15.6 Å². The van der Waals surface area contributed by atoms with E-state index in [0.29, 0.717) is 13.0 Å². The lowest BCUT2D eigenvalue weighted by Crippen LogP contribution is -2.28. The van der Waals surface area contributed by atoms with Crippen molar-refractivity contribution in [2.24, 2.45) is 0 Å². The van der Waals surface area contributed by atoms with E-state index in [9.17, 15) is 4.79 Å². The molecule has 2 heterocycles. The van der Waals surface area contributed by atoms with Gasteiger partial charge in [-0.2, -0.15) is 17.2 Å². The van der Waals surface area contributed by atoms with E-state index < -0.39 is 5.97 Å². The molecule has 0 bridgehead atoms. The molecule has 4 rings (SSSR count). The third-order valence-electron chi connectivity index (χ3n) is 7.64. The number of rotatable bonds is 10. The predicted octanol–water partition coefficient (Wildman–Crippen LogP) is 7.04. The molecular formula is C32H39N2O2S+. The summed E-state index contributed by atoms with van der Waals surface area (Å²) >= 11 is 4.44. The minimum Gasteiger partial charge on any atom is -0.481 e. The molecule has 2 aliphatic heterocycles. The standard InChI is InChI=1S/C32H38N2O2S/c1-31(2)24-14-8-10-16-26(24)33(21-12-20-30(35)36)28(31)18-6-5-7-19-29-32(3,4)25-15-9-11-17-27(25)34(29)22-13-23-37/h5-11,14-19H,12-13,20-23H2,1-4H3,(H-,35,36,37)/p+1. The van der Waals surface area contributed by atoms with Gasteiger partial charge in [-0.1, -0.05) is 68.5 Å². The summed E-state index contributed by atoms with van der Waals surface area (Å²) in [6, 6.07) is 17.1. The first-order valence-electron chi connectivity index (χ1n) is 13.2. The largest absolute Gasteiger partial charge is 0.481 e. The number of fused-ring (bicyclic) bond motifs is 2. The minimum absolute atomic E-state index is 0.0635. The fourth-order valence-corrected chi connectivity index (χ4v) is 5.88. The van der Waals surface area contributed by atoms with Crippen molar-refractivity contribution in [2.75, 3.05) is 23.7 Å². The first-order valence-corrected chi connectivity index (χ1v) is 13.8. The van der Waals surface area contributed by atoms with Gasteiger partial charge in [-0.25, -0.2) is 0 Å². The molecule has 1 N–H and O–H groups in total. The van der Waals surface area contributed by atoms with Crippen molar-refractivity contribution in [1.82, 2.24) is 0 Å². The van der Waals surface area contributed by atoms with Gasteiger partial charge in [-0.05, 0) is 43.7 Å². The fourth-order valence-electron chi connectivity index (χ4n) is 5.74. The van der Waals surface area contributed by atoms with Gasteiger partial charge in [0.2, 0.25) is 5.69 Å². The lowest BCUT2D eigenvalue weighted by atomic mass is 9.81. The number of nitrogens with zero attached hydrogens (tertiary/aromatic N) is 2. The zero-order chi connectivity index (χ0) is 26.6. The third-order valence-corrected chi connectivity index (χ3v) is 7.96. The van der Waals surface area contributed by atoms with Crippen LogP contribution in [0.1, 0.15) is 58.1 Å². The first-order chi connectivity index (χ1) is 17.7. The maximum absolute atomic E-state index is 11.1. The Morgan fingerprint density at radius 1 is 0.946 bits per heavy atom. The molecule has 0 radical (unpaired) electrons. The number of thiol groups is 1. The number of anilines is 1. The molecule has 0 fully saturated rings. The summed E-state index contributed by atoms with van der Waals surface area (Å²) in [5, 5.41) is 9.14. The van der Waals surface area contributed by atoms with Crippen LogP contribution in [0.4, 0.5) is 11.4 Å². The molecule has 4 nitrogen and oxygen atoms in total. The average Bonchev–Trinajstić information content (AvgIpc) is 3.21. The maximum atomic E-state index is 11.1. The van der Waals surface area contributed by atoms with Gasteiger partial charge in [0.05, 0.1) is 11.8 Å². The Hall–Kier alpha value is -3.05. The summed E-state index contributed by atoms with van der Waals surface area (Å²) in [4.78, 5) is 13.6. The van der Waals surface area contributed by atoms with Crippen LogP contribution in [-0.4, -0.2) is 40.2 Å². The third kappa shape index (κ3) is 5.33. The lowest BCUT2D eigenvalue weighted by Gasteiger charge is -2.26. The summed E-state index contributed by atoms with van der Waals surface area (Å²) in [5.41, 5.74) is 7.39. The normalized spacial score (nSPS) is 18.8. The van der Waals surface area contributed by atoms with Crippen LogP contribution in [0, 0.1) is 0 Å². The van der Waals surface area contributed by atoms with Crippen LogP contribution >= 0.6 is 12.6 Å². The van der Waals surface area contributed by atoms with Crippen molar-refractivity contribution >= 4 is 35.7 Å². The molecule has 0 atom stereocenters. The van der Waals surface area contributed by atoms with Gasteiger partial charge in [-0.3, -0.25) is 4.79 Å². The maximum Gasteiger partial charge on any atom is 0.303 e. The molecule has 2 aromatic carbocycles. The second-order valence-electron chi connectivity index (χ2n) is 10.8. The number of carboxylic acids is 1. The number of benzene rings is 2. The second kappa shape index (κ2) is 11.1. The molecule has 0 amide bonds. The molecule has 0 saturated heterocycles. The average molecular weight is 516 g/mol. The Bertz CT molecular complexity index is 1280. The van der Waals surface area contributed by atoms with Crippen LogP contribution in [0.25, 0.3) is 0 Å². The van der Waals surface area contributed by atoms with Crippen molar-refractivity contribution in [3.8, 4) is 0 Å². The first kappa shape index (κ1) is 27.0. The number of para-hydroxylation sites is 2. The molecule has 37 heavy (non-hydrogen) atoms. The van der Waals surface area contributed by atoms with Gasteiger partial charge in [0, 0.05) is 47.5 Å². The number of carbonyl (C=O) groups is 1. The Morgan fingerprint density at radius 2 is 1.65 bits per heavy atom. The van der Waals surface area contributed by atoms with Crippen molar-refractivity contribution in [2.45, 2.75) is 57.8 Å². The second-order valence-corrected chi connectivity index (χ2v) is 11.3. The fraction of sp³-hybridized carbons (Fsp3) is 0.375. The Kier molecular flexibility index (Phi) is 8.13. The monoisotopic (exact) mass is 515 g/mol. The summed E-state index contributed by atoms with van der Waals surface area (Å²) in [5.74, 6) is 0.116. The van der Waals surface area contributed by atoms with E-state index in [1.165, 1.54) is 33.9 Å². The summed E-state index contributed by atoms with van der Waals surface area (Å²) < 4.78 is 2.29. The highest BCUT2D eigenvalue weighted by Crippen LogP contribution is 2.47. The molecule has 0 aliphatic carbocycles. The van der Waals surface area contributed by atoms with E-state index in [4.69, 9.17) is 5.11 Å². The quantitative estimate of drug-likeness (QED) is 0.203. The Balaban J connectivity index is 1.60. The topological polar surface area (TPSA) is 43.6 Å². The highest BCUT2D eigenvalue weighted by atomic mass is 32.1. The van der Waals surface area contributed by atoms with Crippen molar-refractivity contribution in [1.29, 1.82) is 0 Å². The van der Waals surface area contributed by atoms with E-state index in [0.717, 1.165) is 18.7 Å². The highest BCUT2D eigenvalue weighted by Gasteiger charge is 2.44. The lowest BCUT2D eigenvalue weighted by molar-refractivity contribution is -0.438. The summed E-state index contributed by atoms with van der Waals surface area (Å²) in [6.07, 6.45) is 12.6. The highest BCUT2D eigenvalue weighted by molar-refractivity contribution is 7.80. The minimum atomic E-state index is -0.750. The van der Waals surface area contributed by atoms with Crippen LogP contribution in [0.2, 0.25) is 0 Å². The van der Waals surface area contributed by atoms with E-state index in [1.807, 2.05) is 0 Å². The molecule has 194 valence electrons. The SMILES string of the molecule is CC1(C)C(=CC=CC=CC2=[N+](CCCC(=O)O)c3ccccc3C2(C)C)N(CCCS)c2ccccc21. The molecule has 0 unspecified atom stereocenters. The Morgan fingerprint density at radius 3 is 2.38 bits per heavy atom. The van der Waals surface area contributed by atoms with Crippen molar-refractivity contribution in [3.63, 3.8) is 0 Å². The van der Waals surface area contributed by atoms with Crippen LogP contribution < -0.4 is 4.90 Å². The van der Waals surface area contributed by atoms with Gasteiger partial charge >= 0.3 is 5.97 Å². The van der Waals surface area contributed by atoms with Gasteiger partial charge in [-0.15, -0.1) is 0 Å². The van der Waals surface area contributed by atoms with E-state index in [2.05, 4.69) is 129 Å². The molecule has 0 spiro atoms. The van der Waals surface area contributed by atoms with Crippen molar-refractivity contribution in [3.05, 3.63) is 95.7 Å². The number of hydrogen-bond acceptors (Lipinski definition) is 3. The van der Waals surface area contributed by atoms with Gasteiger partial charge in [0.1, 0.15) is 6.54 Å². The molecule has 5 heteroatoms. The molecule has 2 aromatic rings. The molecule has 0 aromatic heterocycles. The van der Waals surface area contributed by atoms with Crippen LogP contribution in [0.15, 0.2) is 84.6 Å². The molecule has 0 saturated carbocycles. The van der Waals surface area contributed by atoms with Gasteiger partial charge in [0.15, 0.2) is 5.71 Å². The Labute approximate surface area is 227 Å². The van der Waals surface area contributed by atoms with Gasteiger partial charge < -0.3 is 10.0 Å². The zero-order valence-electron chi connectivity index (χ0n) is 22.4. The van der Waals surface area contributed by atoms with Gasteiger partial charge in [0.25, 0.3) is 0 Å². The van der Waals surface area contributed by atoms with E-state index in [1.54, 1.807) is 0 Å². The van der Waals surface area contributed by atoms with E-state index >= 15 is 0 Å². The number of allylic oxidation sites excluding steroid dienone is 6. The van der Waals surface area contributed by atoms with Crippen LogP contribution in [0.3, 0.4) is 0 Å².